The third kappa shape index (κ3) is 3.76. The van der Waals surface area contributed by atoms with Crippen LogP contribution in [0.1, 0.15) is 32.4 Å². The first-order chi connectivity index (χ1) is 13.1. The van der Waals surface area contributed by atoms with Crippen LogP contribution in [-0.4, -0.2) is 51.9 Å². The summed E-state index contributed by atoms with van der Waals surface area (Å²) in [6.07, 6.45) is 4.38. The molecule has 0 atom stereocenters. The quantitative estimate of drug-likeness (QED) is 0.843. The zero-order chi connectivity index (χ0) is 20.5. The van der Waals surface area contributed by atoms with Gasteiger partial charge in [0.05, 0.1) is 22.8 Å². The number of carbonyl (C=O) groups is 1. The molecule has 9 heteroatoms. The van der Waals surface area contributed by atoms with Gasteiger partial charge in [-0.15, -0.1) is 0 Å². The largest absolute Gasteiger partial charge is 0.325 e. The number of rotatable bonds is 4. The fourth-order valence-corrected chi connectivity index (χ4v) is 5.48. The van der Waals surface area contributed by atoms with Gasteiger partial charge in [0.25, 0.3) is 0 Å². The predicted octanol–water partition coefficient (Wildman–Crippen LogP) is 2.62. The Morgan fingerprint density at radius 3 is 2.43 bits per heavy atom. The molecule has 2 aromatic rings. The second-order valence-electron chi connectivity index (χ2n) is 7.78. The Kier molecular flexibility index (Phi) is 5.47. The zero-order valence-corrected chi connectivity index (χ0v) is 17.5. The SMILES string of the molecule is Cc1ccc(NC(=O)N2CCC(C(C)(C)S(=O)(=O)c3ccnn3C)CC2)cn1. The molecule has 3 rings (SSSR count). The molecule has 0 saturated carbocycles. The lowest BCUT2D eigenvalue weighted by Gasteiger charge is -2.40. The molecular formula is C19H27N5O3S. The first kappa shape index (κ1) is 20.3. The number of pyridine rings is 1. The highest BCUT2D eigenvalue weighted by atomic mass is 32.2. The number of urea groups is 1. The minimum atomic E-state index is -3.54. The van der Waals surface area contributed by atoms with E-state index in [-0.39, 0.29) is 17.0 Å². The molecule has 8 nitrogen and oxygen atoms in total. The molecular weight excluding hydrogens is 378 g/mol. The van der Waals surface area contributed by atoms with Gasteiger partial charge in [0.15, 0.2) is 5.03 Å². The molecule has 0 spiro atoms. The Morgan fingerprint density at radius 1 is 1.21 bits per heavy atom. The third-order valence-corrected chi connectivity index (χ3v) is 8.34. The van der Waals surface area contributed by atoms with E-state index < -0.39 is 14.6 Å². The number of nitrogens with one attached hydrogen (secondary N) is 1. The molecule has 1 aliphatic heterocycles. The van der Waals surface area contributed by atoms with Crippen LogP contribution >= 0.6 is 0 Å². The van der Waals surface area contributed by atoms with Crippen LogP contribution in [-0.2, 0) is 16.9 Å². The van der Waals surface area contributed by atoms with Crippen LogP contribution in [0.2, 0.25) is 0 Å². The zero-order valence-electron chi connectivity index (χ0n) is 16.7. The molecule has 28 heavy (non-hydrogen) atoms. The minimum Gasteiger partial charge on any atom is -0.325 e. The standard InChI is InChI=1S/C19H27N5O3S/c1-14-5-6-16(13-20-14)22-18(25)24-11-8-15(9-12-24)19(2,3)28(26,27)17-7-10-21-23(17)4/h5-7,10,13,15H,8-9,11-12H2,1-4H3,(H,22,25). The predicted molar refractivity (Wildman–Crippen MR) is 107 cm³/mol. The third-order valence-electron chi connectivity index (χ3n) is 5.67. The van der Waals surface area contributed by atoms with Gasteiger partial charge >= 0.3 is 6.03 Å². The van der Waals surface area contributed by atoms with Crippen molar-refractivity contribution in [2.45, 2.75) is 43.4 Å². The Balaban J connectivity index is 1.65. The first-order valence-electron chi connectivity index (χ1n) is 9.34. The van der Waals surface area contributed by atoms with Gasteiger partial charge in [0.2, 0.25) is 9.84 Å². The maximum absolute atomic E-state index is 13.2. The van der Waals surface area contributed by atoms with Crippen LogP contribution in [0.5, 0.6) is 0 Å². The smallest absolute Gasteiger partial charge is 0.321 e. The fourth-order valence-electron chi connectivity index (χ4n) is 3.64. The second kappa shape index (κ2) is 7.54. The normalized spacial score (nSPS) is 16.2. The molecule has 152 valence electrons. The summed E-state index contributed by atoms with van der Waals surface area (Å²) in [6.45, 7) is 6.46. The van der Waals surface area contributed by atoms with Gasteiger partial charge < -0.3 is 10.2 Å². The number of piperidine rings is 1. The van der Waals surface area contributed by atoms with Crippen molar-refractivity contribution in [2.75, 3.05) is 18.4 Å². The van der Waals surface area contributed by atoms with Crippen molar-refractivity contribution in [1.29, 1.82) is 0 Å². The van der Waals surface area contributed by atoms with E-state index in [9.17, 15) is 13.2 Å². The summed E-state index contributed by atoms with van der Waals surface area (Å²) >= 11 is 0. The number of sulfone groups is 1. The van der Waals surface area contributed by atoms with E-state index in [2.05, 4.69) is 15.4 Å². The Hall–Kier alpha value is -2.42. The van der Waals surface area contributed by atoms with Gasteiger partial charge in [0, 0.05) is 25.8 Å². The van der Waals surface area contributed by atoms with E-state index in [1.54, 1.807) is 32.0 Å². The summed E-state index contributed by atoms with van der Waals surface area (Å²) in [5.74, 6) is -0.0440. The Labute approximate surface area is 165 Å². The highest BCUT2D eigenvalue weighted by molar-refractivity contribution is 7.92. The molecule has 0 radical (unpaired) electrons. The number of hydrogen-bond donors (Lipinski definition) is 1. The monoisotopic (exact) mass is 405 g/mol. The molecule has 0 bridgehead atoms. The molecule has 0 aromatic carbocycles. The summed E-state index contributed by atoms with van der Waals surface area (Å²) in [5.41, 5.74) is 1.53. The Morgan fingerprint density at radius 2 is 1.89 bits per heavy atom. The van der Waals surface area contributed by atoms with Crippen molar-refractivity contribution in [3.63, 3.8) is 0 Å². The highest BCUT2D eigenvalue weighted by Crippen LogP contribution is 2.37. The summed E-state index contributed by atoms with van der Waals surface area (Å²) in [6, 6.07) is 5.01. The van der Waals surface area contributed by atoms with Crippen molar-refractivity contribution in [3.05, 3.63) is 36.3 Å². The molecule has 2 aromatic heterocycles. The fraction of sp³-hybridized carbons (Fsp3) is 0.526. The van der Waals surface area contributed by atoms with Gasteiger partial charge in [-0.3, -0.25) is 9.67 Å². The van der Waals surface area contributed by atoms with Crippen molar-refractivity contribution in [3.8, 4) is 0 Å². The number of nitrogens with zero attached hydrogens (tertiary/aromatic N) is 4. The summed E-state index contributed by atoms with van der Waals surface area (Å²) in [5, 5.41) is 7.07. The Bertz CT molecular complexity index is 942. The molecule has 1 saturated heterocycles. The lowest BCUT2D eigenvalue weighted by molar-refractivity contribution is 0.171. The summed E-state index contributed by atoms with van der Waals surface area (Å²) in [4.78, 5) is 18.4. The molecule has 0 aliphatic carbocycles. The second-order valence-corrected chi connectivity index (χ2v) is 10.3. The van der Waals surface area contributed by atoms with Crippen LogP contribution < -0.4 is 5.32 Å². The van der Waals surface area contributed by atoms with Crippen LogP contribution in [0.15, 0.2) is 35.6 Å². The van der Waals surface area contributed by atoms with Gasteiger partial charge in [-0.1, -0.05) is 0 Å². The highest BCUT2D eigenvalue weighted by Gasteiger charge is 2.45. The van der Waals surface area contributed by atoms with Crippen LogP contribution in [0, 0.1) is 12.8 Å². The van der Waals surface area contributed by atoms with E-state index in [1.165, 1.54) is 16.9 Å². The van der Waals surface area contributed by atoms with Gasteiger partial charge in [-0.25, -0.2) is 13.2 Å². The number of aryl methyl sites for hydroxylation is 2. The molecule has 0 unspecified atom stereocenters. The van der Waals surface area contributed by atoms with Crippen LogP contribution in [0.3, 0.4) is 0 Å². The maximum Gasteiger partial charge on any atom is 0.321 e. The number of amides is 2. The summed E-state index contributed by atoms with van der Waals surface area (Å²) in [7, 11) is -1.91. The molecule has 2 amide bonds. The lowest BCUT2D eigenvalue weighted by Crippen LogP contribution is -2.48. The van der Waals surface area contributed by atoms with E-state index in [0.717, 1.165) is 5.69 Å². The molecule has 3 heterocycles. The van der Waals surface area contributed by atoms with Crippen molar-refractivity contribution < 1.29 is 13.2 Å². The van der Waals surface area contributed by atoms with Crippen molar-refractivity contribution >= 4 is 21.6 Å². The van der Waals surface area contributed by atoms with E-state index in [0.29, 0.717) is 31.6 Å². The average Bonchev–Trinajstić information content (AvgIpc) is 3.10. The van der Waals surface area contributed by atoms with Crippen molar-refractivity contribution in [2.24, 2.45) is 13.0 Å². The number of hydrogen-bond acceptors (Lipinski definition) is 5. The van der Waals surface area contributed by atoms with Crippen LogP contribution in [0.4, 0.5) is 10.5 Å². The van der Waals surface area contributed by atoms with Gasteiger partial charge in [0.1, 0.15) is 0 Å². The molecule has 1 fully saturated rings. The van der Waals surface area contributed by atoms with E-state index in [1.807, 2.05) is 19.1 Å². The van der Waals surface area contributed by atoms with E-state index in [4.69, 9.17) is 0 Å². The number of carbonyl (C=O) groups excluding carboxylic acids is 1. The van der Waals surface area contributed by atoms with Crippen molar-refractivity contribution in [1.82, 2.24) is 19.7 Å². The maximum atomic E-state index is 13.2. The molecule has 1 aliphatic rings. The number of aromatic nitrogens is 3. The summed E-state index contributed by atoms with van der Waals surface area (Å²) < 4.78 is 26.8. The minimum absolute atomic E-state index is 0.0440. The lowest BCUT2D eigenvalue weighted by atomic mass is 9.86. The van der Waals surface area contributed by atoms with Gasteiger partial charge in [-0.2, -0.15) is 5.10 Å². The van der Waals surface area contributed by atoms with E-state index >= 15 is 0 Å². The molecule has 1 N–H and O–H groups in total. The average molecular weight is 406 g/mol. The van der Waals surface area contributed by atoms with Gasteiger partial charge in [-0.05, 0) is 57.7 Å². The topological polar surface area (TPSA) is 97.2 Å². The van der Waals surface area contributed by atoms with Crippen LogP contribution in [0.25, 0.3) is 0 Å². The first-order valence-corrected chi connectivity index (χ1v) is 10.8. The number of likely N-dealkylation sites (tertiary alicyclic amines) is 1. The number of anilines is 1.